The zero-order valence-corrected chi connectivity index (χ0v) is 32.8. The van der Waals surface area contributed by atoms with Gasteiger partial charge in [-0.1, -0.05) is 26.0 Å². The number of fused-ring (bicyclic) bond motifs is 3. The first kappa shape index (κ1) is 39.2. The Balaban J connectivity index is 1.33. The van der Waals surface area contributed by atoms with Crippen molar-refractivity contribution in [1.82, 2.24) is 30.2 Å². The van der Waals surface area contributed by atoms with Crippen LogP contribution < -0.4 is 24.8 Å². The summed E-state index contributed by atoms with van der Waals surface area (Å²) in [6.07, 6.45) is 6.90. The van der Waals surface area contributed by atoms with E-state index in [1.54, 1.807) is 53.0 Å². The van der Waals surface area contributed by atoms with Crippen LogP contribution in [0.1, 0.15) is 86.5 Å². The molecule has 1 aromatic carbocycles. The average Bonchev–Trinajstić information content (AvgIpc) is 3.97. The van der Waals surface area contributed by atoms with Crippen molar-refractivity contribution >= 4 is 44.9 Å². The van der Waals surface area contributed by atoms with E-state index in [2.05, 4.69) is 32.2 Å². The summed E-state index contributed by atoms with van der Waals surface area (Å²) in [7, 11) is -2.45. The Hall–Kier alpha value is -4.47. The number of carbonyl (C=O) groups excluding carboxylic acids is 4. The number of alkyl carbamates (subject to hydrolysis) is 1. The lowest BCUT2D eigenvalue weighted by Gasteiger charge is -2.33. The molecule has 0 unspecified atom stereocenters. The highest BCUT2D eigenvalue weighted by Gasteiger charge is 2.63. The molecule has 2 aliphatic carbocycles. The molecule has 16 heteroatoms. The molecule has 4 aliphatic rings. The molecule has 0 bridgehead atoms. The summed E-state index contributed by atoms with van der Waals surface area (Å²) < 4.78 is 44.7. The summed E-state index contributed by atoms with van der Waals surface area (Å²) in [6, 6.07) is 3.06. The Morgan fingerprint density at radius 2 is 1.83 bits per heavy atom. The van der Waals surface area contributed by atoms with Crippen molar-refractivity contribution in [2.75, 3.05) is 13.7 Å². The molecule has 4 amide bonds. The van der Waals surface area contributed by atoms with Crippen LogP contribution >= 0.6 is 0 Å². The first-order valence-corrected chi connectivity index (χ1v) is 20.1. The van der Waals surface area contributed by atoms with Crippen LogP contribution in [0, 0.1) is 17.8 Å². The van der Waals surface area contributed by atoms with Crippen molar-refractivity contribution in [1.29, 1.82) is 0 Å². The second kappa shape index (κ2) is 14.6. The van der Waals surface area contributed by atoms with Crippen LogP contribution in [0.15, 0.2) is 36.5 Å². The molecule has 15 nitrogen and oxygen atoms in total. The van der Waals surface area contributed by atoms with Crippen LogP contribution in [0.4, 0.5) is 4.79 Å². The fraction of sp³-hybridized carbons (Fsp3) is 0.632. The largest absolute Gasteiger partial charge is 0.497 e. The quantitative estimate of drug-likeness (QED) is 0.347. The third-order valence-corrected chi connectivity index (χ3v) is 13.1. The van der Waals surface area contributed by atoms with Crippen molar-refractivity contribution in [2.45, 2.75) is 121 Å². The molecule has 54 heavy (non-hydrogen) atoms. The van der Waals surface area contributed by atoms with Gasteiger partial charge in [0.1, 0.15) is 35.1 Å². The van der Waals surface area contributed by atoms with E-state index in [0.29, 0.717) is 42.5 Å². The Kier molecular flexibility index (Phi) is 10.6. The number of rotatable bonds is 7. The predicted octanol–water partition coefficient (Wildman–Crippen LogP) is 3.77. The Morgan fingerprint density at radius 3 is 2.52 bits per heavy atom. The van der Waals surface area contributed by atoms with E-state index in [-0.39, 0.29) is 37.1 Å². The van der Waals surface area contributed by atoms with Gasteiger partial charge < -0.3 is 29.7 Å². The van der Waals surface area contributed by atoms with Gasteiger partial charge in [-0.3, -0.25) is 19.1 Å². The van der Waals surface area contributed by atoms with Gasteiger partial charge >= 0.3 is 6.09 Å². The van der Waals surface area contributed by atoms with Crippen molar-refractivity contribution < 1.29 is 41.8 Å². The van der Waals surface area contributed by atoms with Gasteiger partial charge in [0.2, 0.25) is 27.7 Å². The maximum atomic E-state index is 14.7. The molecule has 2 aromatic rings. The van der Waals surface area contributed by atoms with Crippen LogP contribution in [0.5, 0.6) is 11.6 Å². The maximum absolute atomic E-state index is 14.7. The molecule has 2 saturated carbocycles. The van der Waals surface area contributed by atoms with E-state index >= 15 is 0 Å². The normalized spacial score (nSPS) is 30.4. The van der Waals surface area contributed by atoms with Crippen LogP contribution in [-0.4, -0.2) is 94.8 Å². The van der Waals surface area contributed by atoms with Gasteiger partial charge in [-0.05, 0) is 90.2 Å². The molecule has 0 radical (unpaired) electrons. The molecular weight excluding hydrogens is 717 g/mol. The first-order chi connectivity index (χ1) is 25.3. The monoisotopic (exact) mass is 768 g/mol. The number of sulfonamides is 1. The molecular formula is C38H52N6O9S. The number of aromatic nitrogens is 2. The Labute approximate surface area is 316 Å². The summed E-state index contributed by atoms with van der Waals surface area (Å²) in [6.45, 7) is 10.7. The molecule has 3 N–H and O–H groups in total. The number of nitrogens with zero attached hydrogens (tertiary/aromatic N) is 3. The zero-order valence-electron chi connectivity index (χ0n) is 32.0. The summed E-state index contributed by atoms with van der Waals surface area (Å²) in [5.74, 6) is -1.85. The van der Waals surface area contributed by atoms with Crippen molar-refractivity contribution in [2.24, 2.45) is 17.8 Å². The lowest BCUT2D eigenvalue weighted by molar-refractivity contribution is -0.142. The highest BCUT2D eigenvalue weighted by molar-refractivity contribution is 7.91. The first-order valence-electron chi connectivity index (χ1n) is 18.7. The Bertz CT molecular complexity index is 1940. The van der Waals surface area contributed by atoms with Gasteiger partial charge in [0, 0.05) is 18.4 Å². The van der Waals surface area contributed by atoms with Gasteiger partial charge in [0.15, 0.2) is 0 Å². The van der Waals surface area contributed by atoms with E-state index in [9.17, 15) is 27.6 Å². The van der Waals surface area contributed by atoms with E-state index in [1.165, 1.54) is 11.1 Å². The number of methoxy groups -OCH3 is 1. The highest BCUT2D eigenvalue weighted by atomic mass is 32.2. The minimum Gasteiger partial charge on any atom is -0.497 e. The second-order valence-electron chi connectivity index (χ2n) is 16.6. The van der Waals surface area contributed by atoms with Crippen LogP contribution in [0.2, 0.25) is 0 Å². The SMILES string of the molecule is COc1ccc2ncc(O[C@@H]3C[C@H]4C(=O)N[C@]5(C(=O)NS(=O)(=O)C6(C)CC6)C[C@H]5/C=C\CC[C@@H](C)C[C@@H](C)[C@H](NC(=O)OC(C)(C)C)C(=O)N4C3)nc2c1. The molecule has 1 aromatic heterocycles. The minimum atomic E-state index is -4.00. The average molecular weight is 769 g/mol. The van der Waals surface area contributed by atoms with Crippen molar-refractivity contribution in [3.05, 3.63) is 36.5 Å². The molecule has 7 atom stereocenters. The highest BCUT2D eigenvalue weighted by Crippen LogP contribution is 2.47. The summed E-state index contributed by atoms with van der Waals surface area (Å²) >= 11 is 0. The van der Waals surface area contributed by atoms with Gasteiger partial charge in [0.25, 0.3) is 5.91 Å². The molecule has 294 valence electrons. The zero-order chi connectivity index (χ0) is 39.2. The van der Waals surface area contributed by atoms with Crippen molar-refractivity contribution in [3.8, 4) is 11.6 Å². The van der Waals surface area contributed by atoms with Crippen LogP contribution in [0.3, 0.4) is 0 Å². The van der Waals surface area contributed by atoms with E-state index in [0.717, 1.165) is 6.42 Å². The summed E-state index contributed by atoms with van der Waals surface area (Å²) in [5, 5.41) is 5.68. The third-order valence-electron chi connectivity index (χ3n) is 10.9. The number of hydrogen-bond donors (Lipinski definition) is 3. The van der Waals surface area contributed by atoms with Gasteiger partial charge in [-0.2, -0.15) is 0 Å². The standard InChI is InChI=1S/C38H52N6O9S/c1-22-10-8-9-11-24-19-38(24,34(47)43-54(49,50)37(6)14-15-37)42-32(45)29-18-26(52-30-20-39-27-13-12-25(51-7)17-28(27)40-30)21-44(29)33(46)31(23(2)16-22)41-35(48)53-36(3,4)5/h9,11-13,17,20,22-24,26,29,31H,8,10,14-16,18-19,21H2,1-7H3,(H,41,48)(H,42,45)(H,43,47)/b11-9-/t22-,23-,24-,26-,29+,31+,38-/m1/s1. The lowest BCUT2D eigenvalue weighted by atomic mass is 9.88. The molecule has 3 heterocycles. The van der Waals surface area contributed by atoms with E-state index in [4.69, 9.17) is 14.2 Å². The van der Waals surface area contributed by atoms with E-state index < -0.39 is 73.8 Å². The van der Waals surface area contributed by atoms with Crippen molar-refractivity contribution in [3.63, 3.8) is 0 Å². The number of carbonyl (C=O) groups is 4. The van der Waals surface area contributed by atoms with Crippen LogP contribution in [0.25, 0.3) is 11.0 Å². The number of hydrogen-bond acceptors (Lipinski definition) is 11. The summed E-state index contributed by atoms with van der Waals surface area (Å²) in [4.78, 5) is 66.5. The smallest absolute Gasteiger partial charge is 0.408 e. The predicted molar refractivity (Wildman–Crippen MR) is 199 cm³/mol. The number of allylic oxidation sites excluding steroid dienone is 1. The summed E-state index contributed by atoms with van der Waals surface area (Å²) in [5.41, 5.74) is -1.22. The molecule has 1 saturated heterocycles. The second-order valence-corrected chi connectivity index (χ2v) is 18.8. The van der Waals surface area contributed by atoms with Gasteiger partial charge in [0.05, 0.1) is 35.6 Å². The fourth-order valence-electron chi connectivity index (χ4n) is 7.36. The molecule has 3 fully saturated rings. The molecule has 0 spiro atoms. The topological polar surface area (TPSA) is 195 Å². The lowest BCUT2D eigenvalue weighted by Crippen LogP contribution is -2.59. The molecule has 2 aliphatic heterocycles. The van der Waals surface area contributed by atoms with Crippen LogP contribution in [-0.2, 0) is 29.1 Å². The minimum absolute atomic E-state index is 0.0217. The van der Waals surface area contributed by atoms with Gasteiger partial charge in [-0.15, -0.1) is 0 Å². The van der Waals surface area contributed by atoms with E-state index in [1.807, 2.05) is 19.1 Å². The fourth-order valence-corrected chi connectivity index (χ4v) is 8.67. The Morgan fingerprint density at radius 1 is 1.09 bits per heavy atom. The number of nitrogens with one attached hydrogen (secondary N) is 3. The third kappa shape index (κ3) is 8.42. The van der Waals surface area contributed by atoms with Gasteiger partial charge in [-0.25, -0.2) is 23.2 Å². The number of amides is 4. The number of benzene rings is 1. The molecule has 6 rings (SSSR count). The maximum Gasteiger partial charge on any atom is 0.408 e. The number of ether oxygens (including phenoxy) is 3.